The first-order valence-corrected chi connectivity index (χ1v) is 6.91. The predicted molar refractivity (Wildman–Crippen MR) is 76.5 cm³/mol. The van der Waals surface area contributed by atoms with Crippen LogP contribution in [0.25, 0.3) is 0 Å². The summed E-state index contributed by atoms with van der Waals surface area (Å²) in [5.41, 5.74) is 0.929. The highest BCUT2D eigenvalue weighted by Gasteiger charge is 2.29. The molecule has 4 nitrogen and oxygen atoms in total. The Bertz CT molecular complexity index is 411. The number of piperazine rings is 1. The smallest absolute Gasteiger partial charge is 0.119 e. The zero-order valence-corrected chi connectivity index (χ0v) is 12.0. The highest BCUT2D eigenvalue weighted by Crippen LogP contribution is 2.25. The van der Waals surface area contributed by atoms with Crippen LogP contribution in [0.3, 0.4) is 0 Å². The molecule has 4 heteroatoms. The van der Waals surface area contributed by atoms with E-state index in [1.54, 1.807) is 0 Å². The average Bonchev–Trinajstić information content (AvgIpc) is 2.41. The molecule has 2 rings (SSSR count). The molecule has 0 aliphatic carbocycles. The molecule has 1 fully saturated rings. The lowest BCUT2D eigenvalue weighted by Gasteiger charge is -2.40. The van der Waals surface area contributed by atoms with Crippen molar-refractivity contribution in [1.29, 1.82) is 0 Å². The molecule has 2 unspecified atom stereocenters. The first-order chi connectivity index (χ1) is 9.11. The van der Waals surface area contributed by atoms with Crippen LogP contribution in [0.5, 0.6) is 5.75 Å². The molecule has 1 heterocycles. The van der Waals surface area contributed by atoms with Crippen LogP contribution in [0.2, 0.25) is 0 Å². The number of benzene rings is 1. The Morgan fingerprint density at radius 2 is 2.16 bits per heavy atom. The second-order valence-electron chi connectivity index (χ2n) is 5.26. The number of aliphatic hydroxyl groups excluding tert-OH is 1. The van der Waals surface area contributed by atoms with Crippen molar-refractivity contribution in [3.63, 3.8) is 0 Å². The fourth-order valence-electron chi connectivity index (χ4n) is 2.56. The summed E-state index contributed by atoms with van der Waals surface area (Å²) in [6, 6.07) is 7.91. The Hall–Kier alpha value is -1.10. The minimum absolute atomic E-state index is 0.135. The normalized spacial score (nSPS) is 23.3. The van der Waals surface area contributed by atoms with E-state index in [1.807, 2.05) is 31.2 Å². The Morgan fingerprint density at radius 1 is 1.37 bits per heavy atom. The Kier molecular flexibility index (Phi) is 4.80. The van der Waals surface area contributed by atoms with Gasteiger partial charge in [-0.3, -0.25) is 4.90 Å². The van der Waals surface area contributed by atoms with Gasteiger partial charge in [0.1, 0.15) is 5.75 Å². The van der Waals surface area contributed by atoms with Crippen molar-refractivity contribution in [2.24, 2.45) is 0 Å². The van der Waals surface area contributed by atoms with Gasteiger partial charge in [0.2, 0.25) is 0 Å². The number of hydrogen-bond donors (Lipinski definition) is 1. The summed E-state index contributed by atoms with van der Waals surface area (Å²) in [6.07, 6.45) is -0.479. The van der Waals surface area contributed by atoms with E-state index in [4.69, 9.17) is 4.74 Å². The molecule has 0 radical (unpaired) electrons. The van der Waals surface area contributed by atoms with E-state index >= 15 is 0 Å². The van der Waals surface area contributed by atoms with Crippen LogP contribution in [0.15, 0.2) is 24.3 Å². The van der Waals surface area contributed by atoms with Crippen LogP contribution >= 0.6 is 0 Å². The monoisotopic (exact) mass is 264 g/mol. The van der Waals surface area contributed by atoms with Crippen molar-refractivity contribution in [2.45, 2.75) is 19.1 Å². The maximum atomic E-state index is 10.6. The second kappa shape index (κ2) is 6.37. The minimum atomic E-state index is -0.479. The van der Waals surface area contributed by atoms with Gasteiger partial charge in [0, 0.05) is 19.6 Å². The number of nitrogens with zero attached hydrogens (tertiary/aromatic N) is 2. The Morgan fingerprint density at radius 3 is 2.89 bits per heavy atom. The van der Waals surface area contributed by atoms with Crippen molar-refractivity contribution in [1.82, 2.24) is 9.80 Å². The van der Waals surface area contributed by atoms with Gasteiger partial charge in [0.15, 0.2) is 0 Å². The number of likely N-dealkylation sites (N-methyl/N-ethyl adjacent to an activating group) is 2. The maximum absolute atomic E-state index is 10.6. The summed E-state index contributed by atoms with van der Waals surface area (Å²) in [5, 5.41) is 10.6. The molecule has 1 aliphatic heterocycles. The molecule has 1 aromatic carbocycles. The van der Waals surface area contributed by atoms with Crippen molar-refractivity contribution in [3.8, 4) is 5.75 Å². The van der Waals surface area contributed by atoms with Gasteiger partial charge in [0.05, 0.1) is 18.8 Å². The van der Waals surface area contributed by atoms with Crippen LogP contribution in [-0.4, -0.2) is 61.3 Å². The van der Waals surface area contributed by atoms with Crippen LogP contribution < -0.4 is 4.74 Å². The average molecular weight is 264 g/mol. The SMILES string of the molecule is CCOc1cccc(C(O)C2CN(C)CCN2C)c1. The lowest BCUT2D eigenvalue weighted by molar-refractivity contribution is 0.0137. The molecule has 0 bridgehead atoms. The van der Waals surface area contributed by atoms with E-state index in [9.17, 15) is 5.11 Å². The molecule has 1 aromatic rings. The van der Waals surface area contributed by atoms with E-state index in [0.29, 0.717) is 6.61 Å². The standard InChI is InChI=1S/C15H24N2O2/c1-4-19-13-7-5-6-12(10-13)15(18)14-11-16(2)8-9-17(14)3/h5-7,10,14-15,18H,4,8-9,11H2,1-3H3. The highest BCUT2D eigenvalue weighted by atomic mass is 16.5. The first kappa shape index (κ1) is 14.3. The minimum Gasteiger partial charge on any atom is -0.494 e. The van der Waals surface area contributed by atoms with Gasteiger partial charge >= 0.3 is 0 Å². The Balaban J connectivity index is 2.13. The fourth-order valence-corrected chi connectivity index (χ4v) is 2.56. The number of hydrogen-bond acceptors (Lipinski definition) is 4. The van der Waals surface area contributed by atoms with E-state index in [2.05, 4.69) is 23.9 Å². The van der Waals surface area contributed by atoms with E-state index in [-0.39, 0.29) is 6.04 Å². The summed E-state index contributed by atoms with van der Waals surface area (Å²) in [6.45, 7) is 5.54. The largest absolute Gasteiger partial charge is 0.494 e. The zero-order valence-electron chi connectivity index (χ0n) is 12.0. The lowest BCUT2D eigenvalue weighted by atomic mass is 9.99. The molecular formula is C15H24N2O2. The quantitative estimate of drug-likeness (QED) is 0.891. The van der Waals surface area contributed by atoms with Crippen LogP contribution in [-0.2, 0) is 0 Å². The number of aliphatic hydroxyl groups is 1. The summed E-state index contributed by atoms with van der Waals surface area (Å²) in [5.74, 6) is 0.825. The van der Waals surface area contributed by atoms with Crippen LogP contribution in [0.1, 0.15) is 18.6 Å². The van der Waals surface area contributed by atoms with E-state index in [0.717, 1.165) is 30.9 Å². The third-order valence-electron chi connectivity index (χ3n) is 3.77. The third-order valence-corrected chi connectivity index (χ3v) is 3.77. The van der Waals surface area contributed by atoms with Crippen molar-refractivity contribution >= 4 is 0 Å². The molecule has 2 atom stereocenters. The molecular weight excluding hydrogens is 240 g/mol. The van der Waals surface area contributed by atoms with Gasteiger partial charge in [-0.15, -0.1) is 0 Å². The molecule has 0 spiro atoms. The van der Waals surface area contributed by atoms with Crippen LogP contribution in [0.4, 0.5) is 0 Å². The maximum Gasteiger partial charge on any atom is 0.119 e. The Labute approximate surface area is 115 Å². The molecule has 1 aliphatic rings. The molecule has 19 heavy (non-hydrogen) atoms. The third kappa shape index (κ3) is 3.47. The zero-order chi connectivity index (χ0) is 13.8. The van der Waals surface area contributed by atoms with Gasteiger partial charge < -0.3 is 14.7 Å². The first-order valence-electron chi connectivity index (χ1n) is 6.91. The highest BCUT2D eigenvalue weighted by molar-refractivity contribution is 5.30. The van der Waals surface area contributed by atoms with Crippen molar-refractivity contribution < 1.29 is 9.84 Å². The summed E-state index contributed by atoms with van der Waals surface area (Å²) in [4.78, 5) is 4.50. The summed E-state index contributed by atoms with van der Waals surface area (Å²) < 4.78 is 5.50. The molecule has 0 amide bonds. The fraction of sp³-hybridized carbons (Fsp3) is 0.600. The molecule has 1 saturated heterocycles. The molecule has 0 aromatic heterocycles. The van der Waals surface area contributed by atoms with Gasteiger partial charge in [0.25, 0.3) is 0 Å². The van der Waals surface area contributed by atoms with Gasteiger partial charge in [-0.25, -0.2) is 0 Å². The summed E-state index contributed by atoms with van der Waals surface area (Å²) >= 11 is 0. The second-order valence-corrected chi connectivity index (χ2v) is 5.26. The van der Waals surface area contributed by atoms with E-state index < -0.39 is 6.10 Å². The van der Waals surface area contributed by atoms with Crippen molar-refractivity contribution in [3.05, 3.63) is 29.8 Å². The van der Waals surface area contributed by atoms with Crippen LogP contribution in [0, 0.1) is 0 Å². The topological polar surface area (TPSA) is 35.9 Å². The van der Waals surface area contributed by atoms with Gasteiger partial charge in [-0.1, -0.05) is 12.1 Å². The molecule has 1 N–H and O–H groups in total. The lowest BCUT2D eigenvalue weighted by Crippen LogP contribution is -2.52. The van der Waals surface area contributed by atoms with Gasteiger partial charge in [-0.2, -0.15) is 0 Å². The van der Waals surface area contributed by atoms with Gasteiger partial charge in [-0.05, 0) is 38.7 Å². The predicted octanol–water partition coefficient (Wildman–Crippen LogP) is 1.36. The van der Waals surface area contributed by atoms with E-state index in [1.165, 1.54) is 0 Å². The van der Waals surface area contributed by atoms with Crippen molar-refractivity contribution in [2.75, 3.05) is 40.3 Å². The molecule has 0 saturated carbocycles. The number of ether oxygens (including phenoxy) is 1. The molecule has 106 valence electrons. The summed E-state index contributed by atoms with van der Waals surface area (Å²) in [7, 11) is 4.18. The number of rotatable bonds is 4.